The number of hydrogen-bond acceptors (Lipinski definition) is 5. The van der Waals surface area contributed by atoms with Gasteiger partial charge in [0.15, 0.2) is 0 Å². The van der Waals surface area contributed by atoms with Crippen molar-refractivity contribution in [3.8, 4) is 5.75 Å². The van der Waals surface area contributed by atoms with Gasteiger partial charge in [-0.3, -0.25) is 9.69 Å². The molecule has 6 nitrogen and oxygen atoms in total. The molecule has 0 saturated carbocycles. The van der Waals surface area contributed by atoms with Gasteiger partial charge in [-0.25, -0.2) is 14.2 Å². The van der Waals surface area contributed by atoms with Crippen LogP contribution >= 0.6 is 11.3 Å². The summed E-state index contributed by atoms with van der Waals surface area (Å²) < 4.78 is 18.5. The van der Waals surface area contributed by atoms with Gasteiger partial charge in [0, 0.05) is 5.38 Å². The lowest BCUT2D eigenvalue weighted by Crippen LogP contribution is -2.40. The number of nitrogens with zero attached hydrogens (tertiary/aromatic N) is 2. The molecule has 1 aliphatic rings. The Balaban J connectivity index is 1.42. The van der Waals surface area contributed by atoms with Gasteiger partial charge < -0.3 is 10.1 Å². The molecule has 0 spiro atoms. The van der Waals surface area contributed by atoms with E-state index >= 15 is 0 Å². The molecule has 29 heavy (non-hydrogen) atoms. The molecular weight excluding hydrogens is 393 g/mol. The fourth-order valence-corrected chi connectivity index (χ4v) is 3.83. The number of nitrogens with one attached hydrogen (secondary N) is 1. The van der Waals surface area contributed by atoms with Crippen LogP contribution in [0.15, 0.2) is 60.0 Å². The minimum Gasteiger partial charge on any atom is -0.486 e. The Bertz CT molecular complexity index is 1040. The van der Waals surface area contributed by atoms with E-state index in [4.69, 9.17) is 4.74 Å². The minimum absolute atomic E-state index is 0.0835. The molecule has 148 valence electrons. The second-order valence-electron chi connectivity index (χ2n) is 6.79. The molecule has 1 unspecified atom stereocenters. The van der Waals surface area contributed by atoms with Crippen molar-refractivity contribution >= 4 is 23.3 Å². The smallest absolute Gasteiger partial charge is 0.325 e. The molecule has 1 aromatic heterocycles. The first kappa shape index (κ1) is 19.1. The topological polar surface area (TPSA) is 71.5 Å². The summed E-state index contributed by atoms with van der Waals surface area (Å²) in [6.45, 7) is 2.00. The molecule has 2 heterocycles. The number of rotatable bonds is 6. The van der Waals surface area contributed by atoms with Gasteiger partial charge in [0.2, 0.25) is 0 Å². The van der Waals surface area contributed by atoms with Gasteiger partial charge in [-0.2, -0.15) is 0 Å². The summed E-state index contributed by atoms with van der Waals surface area (Å²) in [6, 6.07) is 14.4. The summed E-state index contributed by atoms with van der Waals surface area (Å²) in [6.07, 6.45) is 0. The van der Waals surface area contributed by atoms with E-state index in [2.05, 4.69) is 10.3 Å². The Morgan fingerprint density at radius 2 is 1.86 bits per heavy atom. The minimum atomic E-state index is -1.09. The van der Waals surface area contributed by atoms with Crippen molar-refractivity contribution in [2.45, 2.75) is 25.6 Å². The largest absolute Gasteiger partial charge is 0.486 e. The summed E-state index contributed by atoms with van der Waals surface area (Å²) in [5.74, 6) is -0.105. The maximum atomic E-state index is 13.0. The van der Waals surface area contributed by atoms with Crippen molar-refractivity contribution in [2.24, 2.45) is 0 Å². The Morgan fingerprint density at radius 3 is 2.59 bits per heavy atom. The second kappa shape index (κ2) is 7.63. The lowest BCUT2D eigenvalue weighted by molar-refractivity contribution is -0.131. The van der Waals surface area contributed by atoms with Crippen LogP contribution in [0.25, 0.3) is 0 Å². The first-order valence-electron chi connectivity index (χ1n) is 8.97. The van der Waals surface area contributed by atoms with E-state index in [0.29, 0.717) is 16.5 Å². The molecule has 0 aliphatic carbocycles. The van der Waals surface area contributed by atoms with Crippen molar-refractivity contribution in [2.75, 3.05) is 0 Å². The first-order valence-corrected chi connectivity index (χ1v) is 9.85. The molecule has 3 amide bonds. The number of imide groups is 1. The Morgan fingerprint density at radius 1 is 1.14 bits per heavy atom. The molecule has 0 bridgehead atoms. The Labute approximate surface area is 171 Å². The molecule has 1 saturated heterocycles. The summed E-state index contributed by atoms with van der Waals surface area (Å²) in [7, 11) is 0. The van der Waals surface area contributed by atoms with Crippen LogP contribution in [0.2, 0.25) is 0 Å². The van der Waals surface area contributed by atoms with Gasteiger partial charge >= 0.3 is 6.03 Å². The lowest BCUT2D eigenvalue weighted by Gasteiger charge is -2.21. The highest BCUT2D eigenvalue weighted by Crippen LogP contribution is 2.29. The van der Waals surface area contributed by atoms with E-state index in [1.165, 1.54) is 28.4 Å². The monoisotopic (exact) mass is 411 g/mol. The molecule has 2 aromatic carbocycles. The number of benzene rings is 2. The van der Waals surface area contributed by atoms with Gasteiger partial charge in [0.25, 0.3) is 5.91 Å². The SMILES string of the molecule is CC1(c2ccccc2)NC(=O)N(Cc2csc(COc3ccc(F)cc3)n2)C1=O. The third-order valence-corrected chi connectivity index (χ3v) is 5.59. The van der Waals surface area contributed by atoms with Crippen molar-refractivity contribution in [1.82, 2.24) is 15.2 Å². The highest BCUT2D eigenvalue weighted by atomic mass is 32.1. The van der Waals surface area contributed by atoms with Crippen LogP contribution < -0.4 is 10.1 Å². The fraction of sp³-hybridized carbons (Fsp3) is 0.190. The van der Waals surface area contributed by atoms with Crippen LogP contribution in [0, 0.1) is 5.82 Å². The standard InChI is InChI=1S/C21H18FN3O3S/c1-21(14-5-3-2-4-6-14)19(26)25(20(27)24-21)11-16-13-29-18(23-16)12-28-17-9-7-15(22)8-10-17/h2-10,13H,11-12H2,1H3,(H,24,27). The number of aromatic nitrogens is 1. The summed E-state index contributed by atoms with van der Waals surface area (Å²) in [5.41, 5.74) is 0.240. The van der Waals surface area contributed by atoms with Crippen molar-refractivity contribution in [3.05, 3.63) is 82.1 Å². The molecule has 0 radical (unpaired) electrons. The van der Waals surface area contributed by atoms with Gasteiger partial charge in [-0.15, -0.1) is 11.3 Å². The van der Waals surface area contributed by atoms with Crippen LogP contribution in [0.5, 0.6) is 5.75 Å². The average molecular weight is 411 g/mol. The number of thiazole rings is 1. The molecule has 1 fully saturated rings. The molecule has 4 rings (SSSR count). The second-order valence-corrected chi connectivity index (χ2v) is 7.73. The van der Waals surface area contributed by atoms with E-state index in [-0.39, 0.29) is 24.9 Å². The van der Waals surface area contributed by atoms with Gasteiger partial charge in [-0.1, -0.05) is 30.3 Å². The van der Waals surface area contributed by atoms with Gasteiger partial charge in [0.05, 0.1) is 12.2 Å². The van der Waals surface area contributed by atoms with E-state index in [1.54, 1.807) is 24.4 Å². The zero-order chi connectivity index (χ0) is 20.4. The summed E-state index contributed by atoms with van der Waals surface area (Å²) in [4.78, 5) is 31.0. The van der Waals surface area contributed by atoms with Crippen molar-refractivity contribution in [3.63, 3.8) is 0 Å². The van der Waals surface area contributed by atoms with E-state index < -0.39 is 11.6 Å². The van der Waals surface area contributed by atoms with Crippen LogP contribution in [-0.2, 0) is 23.5 Å². The number of halogens is 1. The van der Waals surface area contributed by atoms with Crippen LogP contribution in [0.1, 0.15) is 23.2 Å². The van der Waals surface area contributed by atoms with Crippen LogP contribution in [0.4, 0.5) is 9.18 Å². The van der Waals surface area contributed by atoms with E-state index in [0.717, 1.165) is 5.56 Å². The molecule has 8 heteroatoms. The highest BCUT2D eigenvalue weighted by Gasteiger charge is 2.48. The summed E-state index contributed by atoms with van der Waals surface area (Å²) in [5, 5.41) is 5.27. The number of urea groups is 1. The number of carbonyl (C=O) groups is 2. The quantitative estimate of drug-likeness (QED) is 0.626. The number of ether oxygens (including phenoxy) is 1. The fourth-order valence-electron chi connectivity index (χ4n) is 3.13. The molecule has 3 aromatic rings. The predicted molar refractivity (Wildman–Crippen MR) is 106 cm³/mol. The highest BCUT2D eigenvalue weighted by molar-refractivity contribution is 7.09. The number of amides is 3. The average Bonchev–Trinajstić information content (AvgIpc) is 3.27. The van der Waals surface area contributed by atoms with Crippen molar-refractivity contribution < 1.29 is 18.7 Å². The number of carbonyl (C=O) groups excluding carboxylic acids is 2. The Kier molecular flexibility index (Phi) is 5.02. The zero-order valence-corrected chi connectivity index (χ0v) is 16.4. The summed E-state index contributed by atoms with van der Waals surface area (Å²) >= 11 is 1.37. The normalized spacial score (nSPS) is 18.8. The zero-order valence-electron chi connectivity index (χ0n) is 15.6. The van der Waals surface area contributed by atoms with Crippen LogP contribution in [0.3, 0.4) is 0 Å². The molecular formula is C21H18FN3O3S. The van der Waals surface area contributed by atoms with Gasteiger partial charge in [0.1, 0.15) is 28.7 Å². The van der Waals surface area contributed by atoms with E-state index in [9.17, 15) is 14.0 Å². The Hall–Kier alpha value is -3.26. The predicted octanol–water partition coefficient (Wildman–Crippen LogP) is 3.83. The van der Waals surface area contributed by atoms with Crippen molar-refractivity contribution in [1.29, 1.82) is 0 Å². The lowest BCUT2D eigenvalue weighted by atomic mass is 9.92. The third-order valence-electron chi connectivity index (χ3n) is 4.72. The van der Waals surface area contributed by atoms with Gasteiger partial charge in [-0.05, 0) is 36.8 Å². The first-order chi connectivity index (χ1) is 14.0. The number of hydrogen-bond donors (Lipinski definition) is 1. The van der Waals surface area contributed by atoms with E-state index in [1.807, 2.05) is 30.3 Å². The third kappa shape index (κ3) is 3.84. The molecule has 1 aliphatic heterocycles. The van der Waals surface area contributed by atoms with Crippen LogP contribution in [-0.4, -0.2) is 21.8 Å². The maximum Gasteiger partial charge on any atom is 0.325 e. The molecule has 1 N–H and O–H groups in total. The molecule has 1 atom stereocenters. The maximum absolute atomic E-state index is 13.0.